The van der Waals surface area contributed by atoms with Gasteiger partial charge in [0.2, 0.25) is 0 Å². The molecule has 4 heteroatoms. The number of phenols is 2. The number of benzene rings is 2. The van der Waals surface area contributed by atoms with Crippen LogP contribution >= 0.6 is 0 Å². The van der Waals surface area contributed by atoms with E-state index in [9.17, 15) is 10.2 Å². The quantitative estimate of drug-likeness (QED) is 0.887. The van der Waals surface area contributed by atoms with Crippen molar-refractivity contribution in [3.05, 3.63) is 47.0 Å². The van der Waals surface area contributed by atoms with Crippen molar-refractivity contribution < 1.29 is 19.7 Å². The molecule has 2 aromatic carbocycles. The number of methoxy groups -OCH3 is 1. The molecule has 21 heavy (non-hydrogen) atoms. The molecule has 4 nitrogen and oxygen atoms in total. The summed E-state index contributed by atoms with van der Waals surface area (Å²) in [5.41, 5.74) is 2.75. The molecule has 0 radical (unpaired) electrons. The SMILES string of the molecule is COc1cc(O)c(C)c2c1CC[C@H](c1ccc(O)cc1)O2. The largest absolute Gasteiger partial charge is 0.508 e. The van der Waals surface area contributed by atoms with Gasteiger partial charge >= 0.3 is 0 Å². The van der Waals surface area contributed by atoms with Crippen molar-refractivity contribution in [3.63, 3.8) is 0 Å². The lowest BCUT2D eigenvalue weighted by Gasteiger charge is -2.29. The minimum absolute atomic E-state index is 0.0803. The first kappa shape index (κ1) is 13.6. The maximum atomic E-state index is 9.99. The first-order chi connectivity index (χ1) is 10.1. The smallest absolute Gasteiger partial charge is 0.133 e. The highest BCUT2D eigenvalue weighted by Gasteiger charge is 2.27. The molecule has 0 spiro atoms. The van der Waals surface area contributed by atoms with Gasteiger partial charge in [0.05, 0.1) is 7.11 Å². The van der Waals surface area contributed by atoms with E-state index in [1.807, 2.05) is 19.1 Å². The van der Waals surface area contributed by atoms with Crippen molar-refractivity contribution in [2.75, 3.05) is 7.11 Å². The van der Waals surface area contributed by atoms with E-state index in [1.165, 1.54) is 0 Å². The van der Waals surface area contributed by atoms with E-state index in [-0.39, 0.29) is 17.6 Å². The van der Waals surface area contributed by atoms with Crippen LogP contribution in [0, 0.1) is 6.92 Å². The third-order valence-electron chi connectivity index (χ3n) is 3.97. The summed E-state index contributed by atoms with van der Waals surface area (Å²) in [7, 11) is 1.59. The molecule has 1 heterocycles. The Morgan fingerprint density at radius 1 is 1.19 bits per heavy atom. The van der Waals surface area contributed by atoms with Gasteiger partial charge in [0, 0.05) is 17.2 Å². The van der Waals surface area contributed by atoms with E-state index in [0.717, 1.165) is 29.5 Å². The highest BCUT2D eigenvalue weighted by molar-refractivity contribution is 5.57. The summed E-state index contributed by atoms with van der Waals surface area (Å²) >= 11 is 0. The van der Waals surface area contributed by atoms with Crippen LogP contribution in [-0.4, -0.2) is 17.3 Å². The minimum atomic E-state index is -0.0803. The number of phenolic OH excluding ortho intramolecular Hbond substituents is 2. The highest BCUT2D eigenvalue weighted by Crippen LogP contribution is 2.45. The summed E-state index contributed by atoms with van der Waals surface area (Å²) in [6, 6.07) is 8.67. The Balaban J connectivity index is 1.98. The van der Waals surface area contributed by atoms with E-state index in [4.69, 9.17) is 9.47 Å². The van der Waals surface area contributed by atoms with Gasteiger partial charge in [-0.25, -0.2) is 0 Å². The minimum Gasteiger partial charge on any atom is -0.508 e. The highest BCUT2D eigenvalue weighted by atomic mass is 16.5. The van der Waals surface area contributed by atoms with Crippen LogP contribution in [0.1, 0.15) is 29.2 Å². The normalized spacial score (nSPS) is 17.0. The van der Waals surface area contributed by atoms with Crippen LogP contribution in [0.15, 0.2) is 30.3 Å². The predicted octanol–water partition coefficient (Wildman–Crippen LogP) is 3.48. The fourth-order valence-electron chi connectivity index (χ4n) is 2.75. The van der Waals surface area contributed by atoms with E-state index in [2.05, 4.69) is 0 Å². The molecule has 0 aromatic heterocycles. The molecular weight excluding hydrogens is 268 g/mol. The van der Waals surface area contributed by atoms with Gasteiger partial charge < -0.3 is 19.7 Å². The summed E-state index contributed by atoms with van der Waals surface area (Å²) in [5.74, 6) is 1.79. The van der Waals surface area contributed by atoms with Crippen LogP contribution in [0.4, 0.5) is 0 Å². The third-order valence-corrected chi connectivity index (χ3v) is 3.97. The number of rotatable bonds is 2. The topological polar surface area (TPSA) is 58.9 Å². The Kier molecular flexibility index (Phi) is 3.37. The number of fused-ring (bicyclic) bond motifs is 1. The zero-order chi connectivity index (χ0) is 15.0. The molecule has 2 N–H and O–H groups in total. The Bertz CT molecular complexity index is 661. The summed E-state index contributed by atoms with van der Waals surface area (Å²) in [4.78, 5) is 0. The Hall–Kier alpha value is -2.36. The van der Waals surface area contributed by atoms with Crippen LogP contribution in [0.2, 0.25) is 0 Å². The zero-order valence-corrected chi connectivity index (χ0v) is 12.1. The van der Waals surface area contributed by atoms with E-state index in [1.54, 1.807) is 25.3 Å². The first-order valence-corrected chi connectivity index (χ1v) is 6.95. The van der Waals surface area contributed by atoms with Crippen molar-refractivity contribution in [1.82, 2.24) is 0 Å². The Morgan fingerprint density at radius 3 is 2.57 bits per heavy atom. The number of hydrogen-bond acceptors (Lipinski definition) is 4. The van der Waals surface area contributed by atoms with Crippen LogP contribution in [0.5, 0.6) is 23.0 Å². The molecule has 0 saturated carbocycles. The molecule has 0 fully saturated rings. The van der Waals surface area contributed by atoms with Gasteiger partial charge in [0.1, 0.15) is 29.1 Å². The maximum Gasteiger partial charge on any atom is 0.133 e. The molecular formula is C17H18O4. The van der Waals surface area contributed by atoms with Gasteiger partial charge in [-0.1, -0.05) is 12.1 Å². The predicted molar refractivity (Wildman–Crippen MR) is 79.2 cm³/mol. The molecule has 1 aliphatic heterocycles. The molecule has 3 rings (SSSR count). The second kappa shape index (κ2) is 5.20. The van der Waals surface area contributed by atoms with Gasteiger partial charge in [-0.15, -0.1) is 0 Å². The third kappa shape index (κ3) is 2.37. The molecule has 0 saturated heterocycles. The van der Waals surface area contributed by atoms with E-state index in [0.29, 0.717) is 11.5 Å². The van der Waals surface area contributed by atoms with Crippen LogP contribution < -0.4 is 9.47 Å². The molecule has 0 bridgehead atoms. The lowest BCUT2D eigenvalue weighted by Crippen LogP contribution is -2.16. The van der Waals surface area contributed by atoms with Crippen LogP contribution in [0.3, 0.4) is 0 Å². The summed E-state index contributed by atoms with van der Waals surface area (Å²) < 4.78 is 11.4. The maximum absolute atomic E-state index is 9.99. The molecule has 110 valence electrons. The first-order valence-electron chi connectivity index (χ1n) is 6.95. The lowest BCUT2D eigenvalue weighted by molar-refractivity contribution is 0.172. The standard InChI is InChI=1S/C17H18O4/c1-10-14(19)9-16(20-2)13-7-8-15(21-17(10)13)11-3-5-12(18)6-4-11/h3-6,9,15,18-19H,7-8H2,1-2H3/t15-/m1/s1. The molecule has 0 aliphatic carbocycles. The second-order valence-corrected chi connectivity index (χ2v) is 5.27. The van der Waals surface area contributed by atoms with Gasteiger partial charge in [0.25, 0.3) is 0 Å². The van der Waals surface area contributed by atoms with Gasteiger partial charge in [0.15, 0.2) is 0 Å². The lowest BCUT2D eigenvalue weighted by atomic mass is 9.94. The molecule has 0 amide bonds. The fourth-order valence-corrected chi connectivity index (χ4v) is 2.75. The van der Waals surface area contributed by atoms with Crippen molar-refractivity contribution in [3.8, 4) is 23.0 Å². The van der Waals surface area contributed by atoms with Crippen molar-refractivity contribution in [2.24, 2.45) is 0 Å². The summed E-state index contributed by atoms with van der Waals surface area (Å²) in [5, 5.41) is 19.4. The van der Waals surface area contributed by atoms with E-state index < -0.39 is 0 Å². The summed E-state index contributed by atoms with van der Waals surface area (Å²) in [6.07, 6.45) is 1.58. The Morgan fingerprint density at radius 2 is 1.90 bits per heavy atom. The van der Waals surface area contributed by atoms with Gasteiger partial charge in [-0.05, 0) is 37.5 Å². The van der Waals surface area contributed by atoms with Crippen LogP contribution in [-0.2, 0) is 6.42 Å². The average molecular weight is 286 g/mol. The fraction of sp³-hybridized carbons (Fsp3) is 0.294. The molecule has 1 aliphatic rings. The monoisotopic (exact) mass is 286 g/mol. The molecule has 1 atom stereocenters. The van der Waals surface area contributed by atoms with Crippen molar-refractivity contribution in [2.45, 2.75) is 25.9 Å². The number of aromatic hydroxyl groups is 2. The van der Waals surface area contributed by atoms with Gasteiger partial charge in [-0.2, -0.15) is 0 Å². The van der Waals surface area contributed by atoms with E-state index >= 15 is 0 Å². The van der Waals surface area contributed by atoms with Gasteiger partial charge in [-0.3, -0.25) is 0 Å². The zero-order valence-electron chi connectivity index (χ0n) is 12.1. The van der Waals surface area contributed by atoms with Crippen LogP contribution in [0.25, 0.3) is 0 Å². The molecule has 0 unspecified atom stereocenters. The van der Waals surface area contributed by atoms with Crippen molar-refractivity contribution >= 4 is 0 Å². The van der Waals surface area contributed by atoms with Crippen molar-refractivity contribution in [1.29, 1.82) is 0 Å². The summed E-state index contributed by atoms with van der Waals surface area (Å²) in [6.45, 7) is 1.84. The second-order valence-electron chi connectivity index (χ2n) is 5.27. The Labute approximate surface area is 123 Å². The molecule has 2 aromatic rings. The number of ether oxygens (including phenoxy) is 2. The number of hydrogen-bond donors (Lipinski definition) is 2. The average Bonchev–Trinajstić information content (AvgIpc) is 2.51.